The average molecular weight is 466 g/mol. The van der Waals surface area contributed by atoms with E-state index in [-0.39, 0.29) is 19.1 Å². The number of amides is 1. The van der Waals surface area contributed by atoms with Crippen molar-refractivity contribution in [3.8, 4) is 0 Å². The molecular weight excluding hydrogens is 420 g/mol. The second-order valence-electron chi connectivity index (χ2n) is 9.02. The number of nitrogens with zero attached hydrogens (tertiary/aromatic N) is 1. The standard InChI is InChI=1S/C26H44N2O5/c1-4-5-6-7-8-9-10-11-12-13-16-28-17-14-15-23(19-28)18-27-26(31)33-21-24(29)20-32-25(30)22(2)3/h14-15,17,19,22,24,29H,4-13,16,18,20-21H2,1-3H3/p+1. The summed E-state index contributed by atoms with van der Waals surface area (Å²) in [4.78, 5) is 23.2. The van der Waals surface area contributed by atoms with E-state index in [1.54, 1.807) is 13.8 Å². The minimum absolute atomic E-state index is 0.193. The van der Waals surface area contributed by atoms with E-state index >= 15 is 0 Å². The van der Waals surface area contributed by atoms with Gasteiger partial charge in [0, 0.05) is 18.1 Å². The molecular formula is C26H45N2O5+. The number of nitrogens with one attached hydrogen (secondary N) is 1. The van der Waals surface area contributed by atoms with Gasteiger partial charge in [-0.25, -0.2) is 9.36 Å². The van der Waals surface area contributed by atoms with Gasteiger partial charge in [0.15, 0.2) is 12.4 Å². The molecule has 0 radical (unpaired) electrons. The molecule has 1 atom stereocenters. The first-order valence-electron chi connectivity index (χ1n) is 12.7. The number of ether oxygens (including phenoxy) is 2. The molecule has 1 rings (SSSR count). The van der Waals surface area contributed by atoms with Crippen molar-refractivity contribution in [3.63, 3.8) is 0 Å². The van der Waals surface area contributed by atoms with Gasteiger partial charge in [-0.15, -0.1) is 0 Å². The average Bonchev–Trinajstić information content (AvgIpc) is 2.81. The molecule has 7 heteroatoms. The number of aliphatic hydroxyl groups is 1. The summed E-state index contributed by atoms with van der Waals surface area (Å²) in [7, 11) is 0. The topological polar surface area (TPSA) is 88.7 Å². The number of aliphatic hydroxyl groups excluding tert-OH is 1. The summed E-state index contributed by atoms with van der Waals surface area (Å²) >= 11 is 0. The van der Waals surface area contributed by atoms with E-state index in [1.807, 2.05) is 24.5 Å². The van der Waals surface area contributed by atoms with Gasteiger partial charge < -0.3 is 19.9 Å². The molecule has 2 N–H and O–H groups in total. The molecule has 0 fully saturated rings. The smallest absolute Gasteiger partial charge is 0.407 e. The van der Waals surface area contributed by atoms with Gasteiger partial charge in [0.25, 0.3) is 0 Å². The number of rotatable bonds is 18. The number of alkyl carbamates (subject to hydrolysis) is 1. The number of unbranched alkanes of at least 4 members (excludes halogenated alkanes) is 9. The summed E-state index contributed by atoms with van der Waals surface area (Å²) in [6.07, 6.45) is 15.6. The number of hydrogen-bond donors (Lipinski definition) is 2. The van der Waals surface area contributed by atoms with E-state index in [2.05, 4.69) is 16.8 Å². The van der Waals surface area contributed by atoms with Gasteiger partial charge >= 0.3 is 12.1 Å². The minimum atomic E-state index is -1.04. The van der Waals surface area contributed by atoms with Crippen molar-refractivity contribution in [2.75, 3.05) is 13.2 Å². The van der Waals surface area contributed by atoms with Gasteiger partial charge in [-0.1, -0.05) is 72.1 Å². The first kappa shape index (κ1) is 28.9. The Morgan fingerprint density at radius 3 is 2.21 bits per heavy atom. The zero-order chi connectivity index (χ0) is 24.3. The maximum absolute atomic E-state index is 11.9. The molecule has 0 spiro atoms. The maximum atomic E-state index is 11.9. The number of hydrogen-bond acceptors (Lipinski definition) is 5. The van der Waals surface area contributed by atoms with Crippen LogP contribution >= 0.6 is 0 Å². The molecule has 1 aromatic heterocycles. The Balaban J connectivity index is 2.15. The Kier molecular flexibility index (Phi) is 16.0. The molecule has 0 saturated carbocycles. The number of esters is 1. The minimum Gasteiger partial charge on any atom is -0.463 e. The Labute approximate surface area is 199 Å². The van der Waals surface area contributed by atoms with Crippen LogP contribution in [0.25, 0.3) is 0 Å². The van der Waals surface area contributed by atoms with E-state index < -0.39 is 18.2 Å². The lowest BCUT2D eigenvalue weighted by Gasteiger charge is -2.13. The lowest BCUT2D eigenvalue weighted by molar-refractivity contribution is -0.697. The van der Waals surface area contributed by atoms with Crippen molar-refractivity contribution in [2.24, 2.45) is 5.92 Å². The van der Waals surface area contributed by atoms with Crippen LogP contribution in [-0.4, -0.2) is 36.5 Å². The summed E-state index contributed by atoms with van der Waals surface area (Å²) in [6.45, 7) is 6.56. The fourth-order valence-electron chi connectivity index (χ4n) is 3.39. The summed E-state index contributed by atoms with van der Waals surface area (Å²) < 4.78 is 12.1. The van der Waals surface area contributed by atoms with Crippen LogP contribution in [0.4, 0.5) is 4.79 Å². The predicted molar refractivity (Wildman–Crippen MR) is 128 cm³/mol. The quantitative estimate of drug-likeness (QED) is 0.187. The van der Waals surface area contributed by atoms with E-state index in [0.717, 1.165) is 18.5 Å². The van der Waals surface area contributed by atoms with Crippen LogP contribution in [0.3, 0.4) is 0 Å². The second-order valence-corrected chi connectivity index (χ2v) is 9.02. The highest BCUT2D eigenvalue weighted by atomic mass is 16.6. The van der Waals surface area contributed by atoms with Crippen LogP contribution < -0.4 is 9.88 Å². The van der Waals surface area contributed by atoms with Crippen molar-refractivity contribution in [2.45, 2.75) is 104 Å². The lowest BCUT2D eigenvalue weighted by Crippen LogP contribution is -2.34. The first-order chi connectivity index (χ1) is 15.9. The molecule has 0 aliphatic rings. The van der Waals surface area contributed by atoms with Crippen molar-refractivity contribution >= 4 is 12.1 Å². The summed E-state index contributed by atoms with van der Waals surface area (Å²) in [5.41, 5.74) is 0.980. The Bertz CT molecular complexity index is 666. The molecule has 0 aliphatic heterocycles. The van der Waals surface area contributed by atoms with Crippen molar-refractivity contribution in [3.05, 3.63) is 30.1 Å². The number of aromatic nitrogens is 1. The third-order valence-corrected chi connectivity index (χ3v) is 5.42. The lowest BCUT2D eigenvalue weighted by atomic mass is 10.1. The van der Waals surface area contributed by atoms with Crippen LogP contribution in [0.1, 0.15) is 90.5 Å². The molecule has 0 bridgehead atoms. The SMILES string of the molecule is CCCCCCCCCCCC[n+]1cccc(CNC(=O)OCC(O)COC(=O)C(C)C)c1. The molecule has 7 nitrogen and oxygen atoms in total. The largest absolute Gasteiger partial charge is 0.463 e. The van der Waals surface area contributed by atoms with Crippen LogP contribution in [0.5, 0.6) is 0 Å². The first-order valence-corrected chi connectivity index (χ1v) is 12.7. The highest BCUT2D eigenvalue weighted by Gasteiger charge is 2.14. The number of aryl methyl sites for hydroxylation is 1. The fraction of sp³-hybridized carbons (Fsp3) is 0.731. The van der Waals surface area contributed by atoms with Gasteiger partial charge in [0.1, 0.15) is 25.9 Å². The maximum Gasteiger partial charge on any atom is 0.407 e. The third-order valence-electron chi connectivity index (χ3n) is 5.42. The zero-order valence-electron chi connectivity index (χ0n) is 20.9. The van der Waals surface area contributed by atoms with Gasteiger partial charge in [-0.05, 0) is 12.5 Å². The van der Waals surface area contributed by atoms with E-state index in [0.29, 0.717) is 6.54 Å². The number of carbonyl (C=O) groups excluding carboxylic acids is 2. The van der Waals surface area contributed by atoms with Gasteiger partial charge in [-0.3, -0.25) is 4.79 Å². The molecule has 1 amide bonds. The van der Waals surface area contributed by atoms with E-state index in [1.165, 1.54) is 57.8 Å². The Hall–Kier alpha value is -2.15. The third kappa shape index (κ3) is 15.3. The summed E-state index contributed by atoms with van der Waals surface area (Å²) in [6, 6.07) is 3.93. The van der Waals surface area contributed by atoms with Crippen LogP contribution in [0.2, 0.25) is 0 Å². The Morgan fingerprint density at radius 2 is 1.58 bits per heavy atom. The molecule has 1 heterocycles. The van der Waals surface area contributed by atoms with Crippen molar-refractivity contribution in [1.82, 2.24) is 5.32 Å². The van der Waals surface area contributed by atoms with Crippen LogP contribution in [0.15, 0.2) is 24.5 Å². The molecule has 1 unspecified atom stereocenters. The van der Waals surface area contributed by atoms with Gasteiger partial charge in [0.05, 0.1) is 12.5 Å². The van der Waals surface area contributed by atoms with E-state index in [9.17, 15) is 14.7 Å². The molecule has 33 heavy (non-hydrogen) atoms. The summed E-state index contributed by atoms with van der Waals surface area (Å²) in [5.74, 6) is -0.658. The van der Waals surface area contributed by atoms with Crippen LogP contribution in [0, 0.1) is 5.92 Å². The highest BCUT2D eigenvalue weighted by Crippen LogP contribution is 2.10. The molecule has 1 aromatic rings. The Morgan fingerprint density at radius 1 is 0.970 bits per heavy atom. The molecule has 188 valence electrons. The fourth-order valence-corrected chi connectivity index (χ4v) is 3.39. The summed E-state index contributed by atoms with van der Waals surface area (Å²) in [5, 5.41) is 12.4. The van der Waals surface area contributed by atoms with Gasteiger partial charge in [0.2, 0.25) is 0 Å². The van der Waals surface area contributed by atoms with Crippen LogP contribution in [-0.2, 0) is 27.4 Å². The molecule has 0 aliphatic carbocycles. The molecule has 0 aromatic carbocycles. The predicted octanol–water partition coefficient (Wildman–Crippen LogP) is 4.68. The van der Waals surface area contributed by atoms with Crippen molar-refractivity contribution in [1.29, 1.82) is 0 Å². The molecule has 0 saturated heterocycles. The van der Waals surface area contributed by atoms with Crippen molar-refractivity contribution < 1.29 is 28.7 Å². The highest BCUT2D eigenvalue weighted by molar-refractivity contribution is 5.71. The zero-order valence-corrected chi connectivity index (χ0v) is 20.9. The van der Waals surface area contributed by atoms with E-state index in [4.69, 9.17) is 9.47 Å². The number of pyridine rings is 1. The second kappa shape index (κ2) is 18.3. The normalized spacial score (nSPS) is 11.9. The van der Waals surface area contributed by atoms with Gasteiger partial charge in [-0.2, -0.15) is 0 Å². The monoisotopic (exact) mass is 465 g/mol. The number of carbonyl (C=O) groups is 2.